The molecule has 0 aromatic carbocycles. The molecule has 1 aromatic rings. The van der Waals surface area contributed by atoms with Gasteiger partial charge in [-0.15, -0.1) is 0 Å². The second kappa shape index (κ2) is 3.08. The molecule has 1 aliphatic rings. The van der Waals surface area contributed by atoms with E-state index in [-0.39, 0.29) is 11.3 Å². The largest absolute Gasteiger partial charge is 0.337 e. The molecule has 2 heterocycles. The molecule has 1 aromatic heterocycles. The smallest absolute Gasteiger partial charge is 0.276 e. The molecule has 1 aliphatic heterocycles. The molecule has 0 spiro atoms. The van der Waals surface area contributed by atoms with Gasteiger partial charge in [-0.1, -0.05) is 13.8 Å². The summed E-state index contributed by atoms with van der Waals surface area (Å²) in [5.74, 6) is -0.0238. The van der Waals surface area contributed by atoms with E-state index in [0.717, 1.165) is 19.5 Å². The van der Waals surface area contributed by atoms with Gasteiger partial charge >= 0.3 is 0 Å². The van der Waals surface area contributed by atoms with E-state index in [1.165, 1.54) is 6.20 Å². The van der Waals surface area contributed by atoms with Gasteiger partial charge in [0.15, 0.2) is 5.69 Å². The Kier molecular flexibility index (Phi) is 2.02. The highest BCUT2D eigenvalue weighted by molar-refractivity contribution is 5.92. The Morgan fingerprint density at radius 2 is 2.43 bits per heavy atom. The van der Waals surface area contributed by atoms with Crippen LogP contribution in [0.5, 0.6) is 0 Å². The third-order valence-corrected chi connectivity index (χ3v) is 2.60. The van der Waals surface area contributed by atoms with Crippen LogP contribution in [0, 0.1) is 5.41 Å². The Hall–Kier alpha value is -1.39. The first-order chi connectivity index (χ1) is 6.58. The van der Waals surface area contributed by atoms with Crippen LogP contribution in [-0.2, 0) is 0 Å². The lowest BCUT2D eigenvalue weighted by molar-refractivity contribution is 0.0772. The van der Waals surface area contributed by atoms with Crippen molar-refractivity contribution in [2.75, 3.05) is 13.1 Å². The molecule has 0 atom stereocenters. The number of aromatic nitrogens is 3. The highest BCUT2D eigenvalue weighted by Gasteiger charge is 2.33. The number of aromatic amines is 1. The van der Waals surface area contributed by atoms with E-state index in [1.54, 1.807) is 0 Å². The number of carbonyl (C=O) groups excluding carboxylic acids is 1. The Morgan fingerprint density at radius 1 is 1.64 bits per heavy atom. The maximum absolute atomic E-state index is 11.8. The van der Waals surface area contributed by atoms with Crippen molar-refractivity contribution in [2.45, 2.75) is 20.3 Å². The van der Waals surface area contributed by atoms with Gasteiger partial charge < -0.3 is 4.90 Å². The average Bonchev–Trinajstić information content (AvgIpc) is 2.72. The van der Waals surface area contributed by atoms with Gasteiger partial charge in [0.1, 0.15) is 0 Å². The number of rotatable bonds is 1. The van der Waals surface area contributed by atoms with E-state index in [0.29, 0.717) is 5.69 Å². The number of nitrogens with zero attached hydrogens (tertiary/aromatic N) is 3. The van der Waals surface area contributed by atoms with Crippen LogP contribution in [-0.4, -0.2) is 39.3 Å². The summed E-state index contributed by atoms with van der Waals surface area (Å²) in [6.45, 7) is 5.96. The summed E-state index contributed by atoms with van der Waals surface area (Å²) in [5, 5.41) is 9.86. The third-order valence-electron chi connectivity index (χ3n) is 2.60. The highest BCUT2D eigenvalue weighted by atomic mass is 16.2. The summed E-state index contributed by atoms with van der Waals surface area (Å²) in [4.78, 5) is 13.6. The van der Waals surface area contributed by atoms with Crippen molar-refractivity contribution < 1.29 is 4.79 Å². The van der Waals surface area contributed by atoms with Crippen LogP contribution < -0.4 is 0 Å². The zero-order valence-electron chi connectivity index (χ0n) is 8.45. The molecule has 14 heavy (non-hydrogen) atoms. The maximum atomic E-state index is 11.8. The molecule has 0 unspecified atom stereocenters. The van der Waals surface area contributed by atoms with Gasteiger partial charge in [0.2, 0.25) is 0 Å². The zero-order chi connectivity index (χ0) is 10.2. The quantitative estimate of drug-likeness (QED) is 0.715. The van der Waals surface area contributed by atoms with Gasteiger partial charge in [-0.2, -0.15) is 15.4 Å². The number of carbonyl (C=O) groups is 1. The Bertz CT molecular complexity index is 331. The van der Waals surface area contributed by atoms with Crippen molar-refractivity contribution >= 4 is 5.91 Å². The minimum absolute atomic E-state index is 0.0238. The van der Waals surface area contributed by atoms with Crippen LogP contribution in [0.4, 0.5) is 0 Å². The van der Waals surface area contributed by atoms with Crippen LogP contribution in [0.3, 0.4) is 0 Å². The number of likely N-dealkylation sites (tertiary alicyclic amines) is 1. The first-order valence-corrected chi connectivity index (χ1v) is 4.73. The number of amides is 1. The van der Waals surface area contributed by atoms with Crippen LogP contribution in [0.25, 0.3) is 0 Å². The van der Waals surface area contributed by atoms with Crippen molar-refractivity contribution in [3.05, 3.63) is 11.9 Å². The van der Waals surface area contributed by atoms with Gasteiger partial charge in [-0.05, 0) is 11.8 Å². The Morgan fingerprint density at radius 3 is 2.93 bits per heavy atom. The van der Waals surface area contributed by atoms with Gasteiger partial charge in [0, 0.05) is 13.1 Å². The number of hydrogen-bond acceptors (Lipinski definition) is 3. The molecule has 1 amide bonds. The molecule has 76 valence electrons. The van der Waals surface area contributed by atoms with Gasteiger partial charge in [-0.3, -0.25) is 4.79 Å². The minimum atomic E-state index is -0.0238. The summed E-state index contributed by atoms with van der Waals surface area (Å²) in [7, 11) is 0. The van der Waals surface area contributed by atoms with Crippen molar-refractivity contribution in [1.82, 2.24) is 20.3 Å². The monoisotopic (exact) mass is 194 g/mol. The SMILES string of the molecule is CC1(C)CCN(C(=O)c2cn[nH]n2)C1. The van der Waals surface area contributed by atoms with Gasteiger partial charge in [0.25, 0.3) is 5.91 Å². The lowest BCUT2D eigenvalue weighted by atomic mass is 9.93. The van der Waals surface area contributed by atoms with Gasteiger partial charge in [0.05, 0.1) is 6.20 Å². The van der Waals surface area contributed by atoms with Crippen LogP contribution >= 0.6 is 0 Å². The first-order valence-electron chi connectivity index (χ1n) is 4.73. The van der Waals surface area contributed by atoms with Crippen LogP contribution in [0.2, 0.25) is 0 Å². The molecular weight excluding hydrogens is 180 g/mol. The van der Waals surface area contributed by atoms with Crippen molar-refractivity contribution in [2.24, 2.45) is 5.41 Å². The Labute approximate surface area is 82.5 Å². The average molecular weight is 194 g/mol. The molecular formula is C9H14N4O. The van der Waals surface area contributed by atoms with E-state index in [9.17, 15) is 4.79 Å². The standard InChI is InChI=1S/C9H14N4O/c1-9(2)3-4-13(6-9)8(14)7-5-10-12-11-7/h5H,3-4,6H2,1-2H3,(H,10,11,12). The Balaban J connectivity index is 2.08. The summed E-state index contributed by atoms with van der Waals surface area (Å²) < 4.78 is 0. The normalized spacial score (nSPS) is 20.0. The number of hydrogen-bond donors (Lipinski definition) is 1. The second-order valence-corrected chi connectivity index (χ2v) is 4.50. The van der Waals surface area contributed by atoms with Crippen molar-refractivity contribution in [3.8, 4) is 0 Å². The highest BCUT2D eigenvalue weighted by Crippen LogP contribution is 2.29. The number of nitrogens with one attached hydrogen (secondary N) is 1. The molecule has 5 heteroatoms. The van der Waals surface area contributed by atoms with E-state index < -0.39 is 0 Å². The fourth-order valence-electron chi connectivity index (χ4n) is 1.75. The van der Waals surface area contributed by atoms with E-state index >= 15 is 0 Å². The van der Waals surface area contributed by atoms with Crippen molar-refractivity contribution in [1.29, 1.82) is 0 Å². The lowest BCUT2D eigenvalue weighted by Crippen LogP contribution is -2.30. The fraction of sp³-hybridized carbons (Fsp3) is 0.667. The topological polar surface area (TPSA) is 61.9 Å². The van der Waals surface area contributed by atoms with E-state index in [1.807, 2.05) is 4.90 Å². The molecule has 1 fully saturated rings. The predicted octanol–water partition coefficient (Wildman–Crippen LogP) is 0.677. The predicted molar refractivity (Wildman–Crippen MR) is 50.7 cm³/mol. The molecule has 0 aliphatic carbocycles. The summed E-state index contributed by atoms with van der Waals surface area (Å²) >= 11 is 0. The lowest BCUT2D eigenvalue weighted by Gasteiger charge is -2.18. The molecule has 5 nitrogen and oxygen atoms in total. The molecule has 0 radical (unpaired) electrons. The van der Waals surface area contributed by atoms with Crippen LogP contribution in [0.1, 0.15) is 30.8 Å². The third kappa shape index (κ3) is 1.62. The summed E-state index contributed by atoms with van der Waals surface area (Å²) in [6, 6.07) is 0. The minimum Gasteiger partial charge on any atom is -0.337 e. The molecule has 2 rings (SSSR count). The second-order valence-electron chi connectivity index (χ2n) is 4.50. The van der Waals surface area contributed by atoms with E-state index in [2.05, 4.69) is 29.3 Å². The van der Waals surface area contributed by atoms with Gasteiger partial charge in [-0.25, -0.2) is 0 Å². The summed E-state index contributed by atoms with van der Waals surface area (Å²) in [6.07, 6.45) is 2.52. The van der Waals surface area contributed by atoms with Crippen LogP contribution in [0.15, 0.2) is 6.20 Å². The fourth-order valence-corrected chi connectivity index (χ4v) is 1.75. The van der Waals surface area contributed by atoms with E-state index in [4.69, 9.17) is 0 Å². The first kappa shape index (κ1) is 9.18. The van der Waals surface area contributed by atoms with Crippen molar-refractivity contribution in [3.63, 3.8) is 0 Å². The summed E-state index contributed by atoms with van der Waals surface area (Å²) in [5.41, 5.74) is 0.641. The molecule has 1 saturated heterocycles. The molecule has 0 bridgehead atoms. The zero-order valence-corrected chi connectivity index (χ0v) is 8.45. The number of H-pyrrole nitrogens is 1. The molecule has 0 saturated carbocycles. The maximum Gasteiger partial charge on any atom is 0.276 e. The molecule has 1 N–H and O–H groups in total.